The number of nitrogens with zero attached hydrogens (tertiary/aromatic N) is 1. The van der Waals surface area contributed by atoms with Gasteiger partial charge >= 0.3 is 6.09 Å². The molecule has 1 amide bonds. The fourth-order valence-electron chi connectivity index (χ4n) is 3.22. The molecule has 1 atom stereocenters. The molecule has 3 N–H and O–H groups in total. The number of ether oxygens (including phenoxy) is 2. The molecule has 1 aromatic carbocycles. The zero-order chi connectivity index (χ0) is 19.7. The molecule has 27 heavy (non-hydrogen) atoms. The molecule has 0 aromatic heterocycles. The lowest BCUT2D eigenvalue weighted by Crippen LogP contribution is -2.49. The molecule has 1 aromatic rings. The van der Waals surface area contributed by atoms with E-state index >= 15 is 0 Å². The highest BCUT2D eigenvalue weighted by atomic mass is 16.6. The van der Waals surface area contributed by atoms with Crippen molar-refractivity contribution in [2.45, 2.75) is 51.9 Å². The Hall–Kier alpha value is -1.63. The van der Waals surface area contributed by atoms with Crippen LogP contribution < -0.4 is 11.1 Å². The molecule has 1 aliphatic rings. The third-order valence-corrected chi connectivity index (χ3v) is 4.67. The maximum absolute atomic E-state index is 12.2. The van der Waals surface area contributed by atoms with Crippen molar-refractivity contribution in [3.63, 3.8) is 0 Å². The Morgan fingerprint density at radius 3 is 2.52 bits per heavy atom. The van der Waals surface area contributed by atoms with Crippen LogP contribution in [0, 0.1) is 5.92 Å². The minimum absolute atomic E-state index is 0.113. The summed E-state index contributed by atoms with van der Waals surface area (Å²) in [6.45, 7) is 10.1. The molecule has 2 rings (SSSR count). The van der Waals surface area contributed by atoms with Crippen molar-refractivity contribution < 1.29 is 14.3 Å². The third kappa shape index (κ3) is 8.73. The maximum Gasteiger partial charge on any atom is 0.407 e. The average Bonchev–Trinajstić information content (AvgIpc) is 2.61. The number of piperidine rings is 1. The first kappa shape index (κ1) is 21.7. The highest BCUT2D eigenvalue weighted by molar-refractivity contribution is 5.68. The van der Waals surface area contributed by atoms with Crippen molar-refractivity contribution in [1.82, 2.24) is 10.2 Å². The second-order valence-corrected chi connectivity index (χ2v) is 8.32. The number of hydrogen-bond donors (Lipinski definition) is 2. The minimum Gasteiger partial charge on any atom is -0.444 e. The van der Waals surface area contributed by atoms with E-state index in [0.29, 0.717) is 19.1 Å². The van der Waals surface area contributed by atoms with Gasteiger partial charge in [-0.3, -0.25) is 0 Å². The Kier molecular flexibility index (Phi) is 8.54. The van der Waals surface area contributed by atoms with Crippen LogP contribution in [0.4, 0.5) is 4.79 Å². The van der Waals surface area contributed by atoms with Crippen molar-refractivity contribution in [2.75, 3.05) is 32.8 Å². The van der Waals surface area contributed by atoms with Gasteiger partial charge in [0, 0.05) is 6.54 Å². The van der Waals surface area contributed by atoms with Gasteiger partial charge < -0.3 is 25.4 Å². The van der Waals surface area contributed by atoms with Crippen LogP contribution >= 0.6 is 0 Å². The fraction of sp³-hybridized carbons (Fsp3) is 0.667. The Morgan fingerprint density at radius 2 is 1.93 bits per heavy atom. The molecule has 1 saturated heterocycles. The SMILES string of the molecule is CC(C)(C)OC(=O)N[C@@H](COCc1ccccc1)CN1CCC(CN)CC1. The van der Waals surface area contributed by atoms with Crippen LogP contribution in [0.2, 0.25) is 0 Å². The maximum atomic E-state index is 12.2. The summed E-state index contributed by atoms with van der Waals surface area (Å²) in [4.78, 5) is 14.6. The van der Waals surface area contributed by atoms with Crippen LogP contribution in [0.1, 0.15) is 39.2 Å². The van der Waals surface area contributed by atoms with Crippen molar-refractivity contribution >= 4 is 6.09 Å². The van der Waals surface area contributed by atoms with Crippen molar-refractivity contribution in [3.05, 3.63) is 35.9 Å². The van der Waals surface area contributed by atoms with E-state index in [1.807, 2.05) is 51.1 Å². The quantitative estimate of drug-likeness (QED) is 0.728. The Bertz CT molecular complexity index is 552. The van der Waals surface area contributed by atoms with Gasteiger partial charge in [-0.1, -0.05) is 30.3 Å². The van der Waals surface area contributed by atoms with E-state index in [2.05, 4.69) is 10.2 Å². The first-order valence-corrected chi connectivity index (χ1v) is 9.89. The molecular formula is C21H35N3O3. The highest BCUT2D eigenvalue weighted by Crippen LogP contribution is 2.16. The molecule has 0 aliphatic carbocycles. The number of amides is 1. The molecule has 0 unspecified atom stereocenters. The summed E-state index contributed by atoms with van der Waals surface area (Å²) in [5.41, 5.74) is 6.39. The number of carbonyl (C=O) groups is 1. The van der Waals surface area contributed by atoms with Gasteiger partial charge in [0.25, 0.3) is 0 Å². The predicted octanol–water partition coefficient (Wildman–Crippen LogP) is 2.77. The average molecular weight is 378 g/mol. The molecule has 0 saturated carbocycles. The minimum atomic E-state index is -0.515. The van der Waals surface area contributed by atoms with Crippen LogP contribution in [0.5, 0.6) is 0 Å². The van der Waals surface area contributed by atoms with Gasteiger partial charge in [-0.05, 0) is 64.7 Å². The summed E-state index contributed by atoms with van der Waals surface area (Å²) in [6.07, 6.45) is 1.83. The van der Waals surface area contributed by atoms with Crippen LogP contribution in [-0.2, 0) is 16.1 Å². The Balaban J connectivity index is 1.86. The van der Waals surface area contributed by atoms with Gasteiger partial charge in [0.1, 0.15) is 5.60 Å². The monoisotopic (exact) mass is 377 g/mol. The summed E-state index contributed by atoms with van der Waals surface area (Å²) in [5.74, 6) is 0.618. The van der Waals surface area contributed by atoms with Crippen LogP contribution in [0.15, 0.2) is 30.3 Å². The number of likely N-dealkylation sites (tertiary alicyclic amines) is 1. The first-order chi connectivity index (χ1) is 12.9. The van der Waals surface area contributed by atoms with E-state index in [-0.39, 0.29) is 6.04 Å². The van der Waals surface area contributed by atoms with Gasteiger partial charge in [0.15, 0.2) is 0 Å². The van der Waals surface area contributed by atoms with E-state index in [0.717, 1.165) is 44.6 Å². The number of hydrogen-bond acceptors (Lipinski definition) is 5. The normalized spacial score (nSPS) is 17.5. The number of alkyl carbamates (subject to hydrolysis) is 1. The summed E-state index contributed by atoms with van der Waals surface area (Å²) < 4.78 is 11.3. The Morgan fingerprint density at radius 1 is 1.26 bits per heavy atom. The van der Waals surface area contributed by atoms with Crippen LogP contribution in [-0.4, -0.2) is 55.4 Å². The zero-order valence-electron chi connectivity index (χ0n) is 16.9. The van der Waals surface area contributed by atoms with Crippen molar-refractivity contribution in [3.8, 4) is 0 Å². The van der Waals surface area contributed by atoms with Gasteiger partial charge in [-0.15, -0.1) is 0 Å². The van der Waals surface area contributed by atoms with Gasteiger partial charge in [-0.2, -0.15) is 0 Å². The molecule has 1 aliphatic heterocycles. The molecular weight excluding hydrogens is 342 g/mol. The largest absolute Gasteiger partial charge is 0.444 e. The van der Waals surface area contributed by atoms with E-state index in [1.165, 1.54) is 0 Å². The second-order valence-electron chi connectivity index (χ2n) is 8.32. The lowest BCUT2D eigenvalue weighted by atomic mass is 9.97. The number of rotatable bonds is 8. The molecule has 0 bridgehead atoms. The lowest BCUT2D eigenvalue weighted by molar-refractivity contribution is 0.0375. The van der Waals surface area contributed by atoms with Gasteiger partial charge in [0.05, 0.1) is 19.3 Å². The predicted molar refractivity (Wildman–Crippen MR) is 107 cm³/mol. The number of nitrogens with two attached hydrogens (primary N) is 1. The van der Waals surface area contributed by atoms with E-state index in [9.17, 15) is 4.79 Å². The van der Waals surface area contributed by atoms with Crippen molar-refractivity contribution in [1.29, 1.82) is 0 Å². The summed E-state index contributed by atoms with van der Waals surface area (Å²) in [5, 5.41) is 2.98. The second kappa shape index (κ2) is 10.6. The molecule has 152 valence electrons. The van der Waals surface area contributed by atoms with E-state index < -0.39 is 11.7 Å². The molecule has 1 heterocycles. The van der Waals surface area contributed by atoms with Crippen molar-refractivity contribution in [2.24, 2.45) is 11.7 Å². The third-order valence-electron chi connectivity index (χ3n) is 4.67. The number of benzene rings is 1. The van der Waals surface area contributed by atoms with Gasteiger partial charge in [-0.25, -0.2) is 4.79 Å². The van der Waals surface area contributed by atoms with Crippen LogP contribution in [0.25, 0.3) is 0 Å². The smallest absolute Gasteiger partial charge is 0.407 e. The van der Waals surface area contributed by atoms with Gasteiger partial charge in [0.2, 0.25) is 0 Å². The topological polar surface area (TPSA) is 76.8 Å². The molecule has 6 heteroatoms. The number of nitrogens with one attached hydrogen (secondary N) is 1. The zero-order valence-corrected chi connectivity index (χ0v) is 16.9. The summed E-state index contributed by atoms with van der Waals surface area (Å²) in [7, 11) is 0. The van der Waals surface area contributed by atoms with E-state index in [4.69, 9.17) is 15.2 Å². The summed E-state index contributed by atoms with van der Waals surface area (Å²) in [6, 6.07) is 9.94. The number of carbonyl (C=O) groups excluding carboxylic acids is 1. The molecule has 0 spiro atoms. The molecule has 6 nitrogen and oxygen atoms in total. The first-order valence-electron chi connectivity index (χ1n) is 9.89. The molecule has 1 fully saturated rings. The Labute approximate surface area is 163 Å². The van der Waals surface area contributed by atoms with Crippen LogP contribution in [0.3, 0.4) is 0 Å². The summed E-state index contributed by atoms with van der Waals surface area (Å²) >= 11 is 0. The highest BCUT2D eigenvalue weighted by Gasteiger charge is 2.24. The molecule has 0 radical (unpaired) electrons. The standard InChI is InChI=1S/C21H35N3O3/c1-21(2,3)27-20(25)23-19(14-24-11-9-17(13-22)10-12-24)16-26-15-18-7-5-4-6-8-18/h4-8,17,19H,9-16,22H2,1-3H3,(H,23,25)/t19-/m1/s1. The lowest BCUT2D eigenvalue weighted by Gasteiger charge is -2.34. The van der Waals surface area contributed by atoms with E-state index in [1.54, 1.807) is 0 Å². The fourth-order valence-corrected chi connectivity index (χ4v) is 3.22.